The van der Waals surface area contributed by atoms with E-state index in [2.05, 4.69) is 29.2 Å². The number of fused-ring (bicyclic) bond motifs is 1. The lowest BCUT2D eigenvalue weighted by atomic mass is 9.78. The molecule has 1 aromatic rings. The number of hydrogen-bond acceptors (Lipinski definition) is 2. The molecule has 2 fully saturated rings. The second kappa shape index (κ2) is 6.17. The molecule has 1 saturated heterocycles. The van der Waals surface area contributed by atoms with Crippen molar-refractivity contribution >= 4 is 5.69 Å². The summed E-state index contributed by atoms with van der Waals surface area (Å²) in [6.07, 6.45) is 8.84. The second-order valence-corrected chi connectivity index (χ2v) is 6.46. The van der Waals surface area contributed by atoms with Gasteiger partial charge in [0.2, 0.25) is 0 Å². The molecule has 2 heteroatoms. The van der Waals surface area contributed by atoms with Crippen molar-refractivity contribution in [3.63, 3.8) is 0 Å². The summed E-state index contributed by atoms with van der Waals surface area (Å²) in [7, 11) is 0. The summed E-state index contributed by atoms with van der Waals surface area (Å²) in [5, 5.41) is 9.90. The lowest BCUT2D eigenvalue weighted by Crippen LogP contribution is -2.46. The molecule has 1 heterocycles. The standard InChI is InChI=1S/C18H27NO/c1-2-18(20)15-9-11-16(12-10-15)19-13-5-7-14-6-3-4-8-17(14)19/h9-12,14,17-18,20H,2-8,13H2,1H3/t14?,17?,18-/m1/s1. The van der Waals surface area contributed by atoms with Crippen LogP contribution in [0.2, 0.25) is 0 Å². The zero-order valence-electron chi connectivity index (χ0n) is 12.6. The number of aliphatic hydroxyl groups excluding tert-OH is 1. The number of rotatable bonds is 3. The van der Waals surface area contributed by atoms with Gasteiger partial charge >= 0.3 is 0 Å². The van der Waals surface area contributed by atoms with E-state index in [0.717, 1.165) is 23.9 Å². The van der Waals surface area contributed by atoms with Crippen LogP contribution in [0.4, 0.5) is 5.69 Å². The van der Waals surface area contributed by atoms with Crippen molar-refractivity contribution < 1.29 is 5.11 Å². The molecule has 0 spiro atoms. The van der Waals surface area contributed by atoms with Crippen molar-refractivity contribution in [2.45, 2.75) is 64.0 Å². The van der Waals surface area contributed by atoms with Gasteiger partial charge in [-0.05, 0) is 55.7 Å². The fourth-order valence-corrected chi connectivity index (χ4v) is 4.07. The SMILES string of the molecule is CC[C@@H](O)c1ccc(N2CCCC3CCCCC32)cc1. The molecule has 0 bridgehead atoms. The third kappa shape index (κ3) is 2.71. The molecule has 20 heavy (non-hydrogen) atoms. The van der Waals surface area contributed by atoms with Crippen LogP contribution >= 0.6 is 0 Å². The Hall–Kier alpha value is -1.02. The van der Waals surface area contributed by atoms with Gasteiger partial charge in [0.25, 0.3) is 0 Å². The fourth-order valence-electron chi connectivity index (χ4n) is 4.07. The van der Waals surface area contributed by atoms with Crippen LogP contribution in [0.25, 0.3) is 0 Å². The lowest BCUT2D eigenvalue weighted by molar-refractivity contribution is 0.173. The molecule has 0 amide bonds. The van der Waals surface area contributed by atoms with Gasteiger partial charge in [0.1, 0.15) is 0 Å². The molecule has 2 aliphatic rings. The summed E-state index contributed by atoms with van der Waals surface area (Å²) in [6.45, 7) is 3.23. The van der Waals surface area contributed by atoms with Crippen LogP contribution < -0.4 is 4.90 Å². The number of anilines is 1. The van der Waals surface area contributed by atoms with E-state index in [-0.39, 0.29) is 6.10 Å². The Balaban J connectivity index is 1.77. The van der Waals surface area contributed by atoms with Gasteiger partial charge in [-0.25, -0.2) is 0 Å². The molecule has 1 N–H and O–H groups in total. The van der Waals surface area contributed by atoms with Crippen molar-refractivity contribution in [3.05, 3.63) is 29.8 Å². The highest BCUT2D eigenvalue weighted by Gasteiger charge is 2.33. The van der Waals surface area contributed by atoms with Crippen LogP contribution in [0.15, 0.2) is 24.3 Å². The van der Waals surface area contributed by atoms with Crippen LogP contribution in [0, 0.1) is 5.92 Å². The second-order valence-electron chi connectivity index (χ2n) is 6.46. The lowest BCUT2D eigenvalue weighted by Gasteiger charge is -2.45. The van der Waals surface area contributed by atoms with E-state index >= 15 is 0 Å². The van der Waals surface area contributed by atoms with Gasteiger partial charge in [0, 0.05) is 18.3 Å². The molecule has 0 radical (unpaired) electrons. The van der Waals surface area contributed by atoms with Crippen LogP contribution in [0.3, 0.4) is 0 Å². The van der Waals surface area contributed by atoms with E-state index in [1.54, 1.807) is 0 Å². The molecular weight excluding hydrogens is 246 g/mol. The van der Waals surface area contributed by atoms with E-state index in [1.165, 1.54) is 50.8 Å². The zero-order chi connectivity index (χ0) is 13.9. The summed E-state index contributed by atoms with van der Waals surface area (Å²) < 4.78 is 0. The van der Waals surface area contributed by atoms with E-state index in [9.17, 15) is 5.11 Å². The summed E-state index contributed by atoms with van der Waals surface area (Å²) in [4.78, 5) is 2.63. The number of piperidine rings is 1. The normalized spacial score (nSPS) is 28.0. The van der Waals surface area contributed by atoms with Gasteiger partial charge < -0.3 is 10.0 Å². The maximum Gasteiger partial charge on any atom is 0.0787 e. The predicted octanol–water partition coefficient (Wildman–Crippen LogP) is 4.29. The van der Waals surface area contributed by atoms with Crippen molar-refractivity contribution in [3.8, 4) is 0 Å². The topological polar surface area (TPSA) is 23.5 Å². The molecule has 1 saturated carbocycles. The Morgan fingerprint density at radius 1 is 1.10 bits per heavy atom. The van der Waals surface area contributed by atoms with Crippen LogP contribution in [-0.4, -0.2) is 17.7 Å². The molecule has 0 aromatic heterocycles. The average Bonchev–Trinajstić information content (AvgIpc) is 2.54. The predicted molar refractivity (Wildman–Crippen MR) is 84.0 cm³/mol. The largest absolute Gasteiger partial charge is 0.388 e. The maximum absolute atomic E-state index is 9.90. The first-order chi connectivity index (χ1) is 9.79. The quantitative estimate of drug-likeness (QED) is 0.888. The Morgan fingerprint density at radius 2 is 1.80 bits per heavy atom. The summed E-state index contributed by atoms with van der Waals surface area (Å²) in [5.74, 6) is 0.915. The molecular formula is C18H27NO. The van der Waals surface area contributed by atoms with Crippen molar-refractivity contribution in [1.82, 2.24) is 0 Å². The van der Waals surface area contributed by atoms with Gasteiger partial charge in [-0.15, -0.1) is 0 Å². The number of benzene rings is 1. The summed E-state index contributed by atoms with van der Waals surface area (Å²) in [6, 6.07) is 9.40. The Bertz CT molecular complexity index is 426. The highest BCUT2D eigenvalue weighted by Crippen LogP contribution is 2.37. The Labute approximate surface area is 122 Å². The first kappa shape index (κ1) is 13.9. The van der Waals surface area contributed by atoms with Crippen molar-refractivity contribution in [2.75, 3.05) is 11.4 Å². The van der Waals surface area contributed by atoms with E-state index in [1.807, 2.05) is 6.92 Å². The number of nitrogens with zero attached hydrogens (tertiary/aromatic N) is 1. The van der Waals surface area contributed by atoms with Crippen molar-refractivity contribution in [1.29, 1.82) is 0 Å². The smallest absolute Gasteiger partial charge is 0.0787 e. The van der Waals surface area contributed by atoms with Gasteiger partial charge in [-0.3, -0.25) is 0 Å². The number of hydrogen-bond donors (Lipinski definition) is 1. The summed E-state index contributed by atoms with van der Waals surface area (Å²) >= 11 is 0. The zero-order valence-corrected chi connectivity index (χ0v) is 12.6. The molecule has 3 rings (SSSR count). The molecule has 1 aromatic carbocycles. The van der Waals surface area contributed by atoms with Crippen LogP contribution in [0.5, 0.6) is 0 Å². The van der Waals surface area contributed by atoms with Crippen molar-refractivity contribution in [2.24, 2.45) is 5.92 Å². The Kier molecular flexibility index (Phi) is 4.30. The maximum atomic E-state index is 9.90. The highest BCUT2D eigenvalue weighted by atomic mass is 16.3. The van der Waals surface area contributed by atoms with Gasteiger partial charge in [0.15, 0.2) is 0 Å². The first-order valence-electron chi connectivity index (χ1n) is 8.34. The fraction of sp³-hybridized carbons (Fsp3) is 0.667. The van der Waals surface area contributed by atoms with E-state index in [0.29, 0.717) is 0 Å². The minimum Gasteiger partial charge on any atom is -0.388 e. The van der Waals surface area contributed by atoms with Gasteiger partial charge in [0.05, 0.1) is 6.10 Å². The van der Waals surface area contributed by atoms with E-state index < -0.39 is 0 Å². The third-order valence-corrected chi connectivity index (χ3v) is 5.24. The summed E-state index contributed by atoms with van der Waals surface area (Å²) in [5.41, 5.74) is 2.40. The van der Waals surface area contributed by atoms with Gasteiger partial charge in [-0.2, -0.15) is 0 Å². The molecule has 110 valence electrons. The minimum atomic E-state index is -0.312. The monoisotopic (exact) mass is 273 g/mol. The molecule has 2 nitrogen and oxygen atoms in total. The highest BCUT2D eigenvalue weighted by molar-refractivity contribution is 5.49. The Morgan fingerprint density at radius 3 is 2.55 bits per heavy atom. The van der Waals surface area contributed by atoms with Gasteiger partial charge in [-0.1, -0.05) is 31.9 Å². The number of aliphatic hydroxyl groups is 1. The average molecular weight is 273 g/mol. The van der Waals surface area contributed by atoms with Crippen LogP contribution in [-0.2, 0) is 0 Å². The third-order valence-electron chi connectivity index (χ3n) is 5.24. The molecule has 2 unspecified atom stereocenters. The van der Waals surface area contributed by atoms with E-state index in [4.69, 9.17) is 0 Å². The molecule has 3 atom stereocenters. The van der Waals surface area contributed by atoms with Crippen LogP contribution in [0.1, 0.15) is 63.5 Å². The molecule has 1 aliphatic heterocycles. The molecule has 1 aliphatic carbocycles. The minimum absolute atomic E-state index is 0.312. The first-order valence-corrected chi connectivity index (χ1v) is 8.34.